The zero-order valence-corrected chi connectivity index (χ0v) is 9.15. The normalized spacial score (nSPS) is 30.3. The van der Waals surface area contributed by atoms with Gasteiger partial charge in [-0.3, -0.25) is 9.69 Å². The van der Waals surface area contributed by atoms with Crippen molar-refractivity contribution in [2.24, 2.45) is 5.73 Å². The monoisotopic (exact) mass is 212 g/mol. The van der Waals surface area contributed by atoms with Gasteiger partial charge in [-0.05, 0) is 32.2 Å². The van der Waals surface area contributed by atoms with E-state index in [1.54, 1.807) is 0 Å². The van der Waals surface area contributed by atoms with E-state index in [4.69, 9.17) is 10.5 Å². The van der Waals surface area contributed by atoms with E-state index < -0.39 is 0 Å². The van der Waals surface area contributed by atoms with Crippen LogP contribution in [0.3, 0.4) is 0 Å². The summed E-state index contributed by atoms with van der Waals surface area (Å²) in [5, 5.41) is 0. The van der Waals surface area contributed by atoms with Crippen LogP contribution in [0.5, 0.6) is 0 Å². The van der Waals surface area contributed by atoms with Crippen molar-refractivity contribution in [1.29, 1.82) is 0 Å². The summed E-state index contributed by atoms with van der Waals surface area (Å²) in [6, 6.07) is 0.485. The van der Waals surface area contributed by atoms with Gasteiger partial charge < -0.3 is 10.5 Å². The minimum absolute atomic E-state index is 0.0261. The molecule has 2 aliphatic heterocycles. The van der Waals surface area contributed by atoms with Gasteiger partial charge in [0.15, 0.2) is 0 Å². The second-order valence-corrected chi connectivity index (χ2v) is 4.50. The zero-order chi connectivity index (χ0) is 10.7. The Morgan fingerprint density at radius 1 is 1.20 bits per heavy atom. The minimum Gasteiger partial charge on any atom is -0.381 e. The molecule has 0 aromatic heterocycles. The van der Waals surface area contributed by atoms with Crippen molar-refractivity contribution in [2.75, 3.05) is 19.8 Å². The molecule has 0 aromatic rings. The lowest BCUT2D eigenvalue weighted by Gasteiger charge is -2.41. The Morgan fingerprint density at radius 2 is 1.93 bits per heavy atom. The summed E-state index contributed by atoms with van der Waals surface area (Å²) in [6.45, 7) is 2.68. The Kier molecular flexibility index (Phi) is 3.59. The van der Waals surface area contributed by atoms with Crippen LogP contribution in [-0.2, 0) is 9.53 Å². The van der Waals surface area contributed by atoms with Crippen LogP contribution in [0.15, 0.2) is 0 Å². The summed E-state index contributed by atoms with van der Waals surface area (Å²) in [7, 11) is 0. The van der Waals surface area contributed by atoms with Gasteiger partial charge in [0, 0.05) is 19.3 Å². The SMILES string of the molecule is NC(=O)C1CCCCN1C1CCOCC1. The van der Waals surface area contributed by atoms with Crippen LogP contribution in [0.1, 0.15) is 32.1 Å². The number of hydrogen-bond donors (Lipinski definition) is 1. The molecule has 2 aliphatic rings. The molecule has 4 nitrogen and oxygen atoms in total. The first kappa shape index (κ1) is 10.9. The quantitative estimate of drug-likeness (QED) is 0.725. The summed E-state index contributed by atoms with van der Waals surface area (Å²) in [5.74, 6) is -0.152. The third-order valence-electron chi connectivity index (χ3n) is 3.53. The molecular formula is C11H20N2O2. The molecule has 2 heterocycles. The molecule has 15 heavy (non-hydrogen) atoms. The number of piperidine rings is 1. The van der Waals surface area contributed by atoms with Gasteiger partial charge in [-0.15, -0.1) is 0 Å². The zero-order valence-electron chi connectivity index (χ0n) is 9.15. The van der Waals surface area contributed by atoms with Gasteiger partial charge in [0.1, 0.15) is 0 Å². The highest BCUT2D eigenvalue weighted by Crippen LogP contribution is 2.24. The van der Waals surface area contributed by atoms with Crippen LogP contribution in [0.4, 0.5) is 0 Å². The lowest BCUT2D eigenvalue weighted by molar-refractivity contribution is -0.126. The Morgan fingerprint density at radius 3 is 2.60 bits per heavy atom. The smallest absolute Gasteiger partial charge is 0.234 e. The molecule has 0 saturated carbocycles. The Labute approximate surface area is 90.8 Å². The number of primary amides is 1. The molecule has 2 rings (SSSR count). The lowest BCUT2D eigenvalue weighted by Crippen LogP contribution is -2.53. The summed E-state index contributed by atoms with van der Waals surface area (Å²) >= 11 is 0. The van der Waals surface area contributed by atoms with Gasteiger partial charge in [0.25, 0.3) is 0 Å². The number of ether oxygens (including phenoxy) is 1. The van der Waals surface area contributed by atoms with E-state index in [9.17, 15) is 4.79 Å². The van der Waals surface area contributed by atoms with Crippen molar-refractivity contribution >= 4 is 5.91 Å². The second-order valence-electron chi connectivity index (χ2n) is 4.50. The van der Waals surface area contributed by atoms with Crippen LogP contribution >= 0.6 is 0 Å². The van der Waals surface area contributed by atoms with Gasteiger partial charge in [-0.2, -0.15) is 0 Å². The summed E-state index contributed by atoms with van der Waals surface area (Å²) < 4.78 is 5.34. The molecule has 1 atom stereocenters. The number of carbonyl (C=O) groups is 1. The van der Waals surface area contributed by atoms with Crippen molar-refractivity contribution in [3.8, 4) is 0 Å². The minimum atomic E-state index is -0.152. The van der Waals surface area contributed by atoms with Gasteiger partial charge in [-0.25, -0.2) is 0 Å². The van der Waals surface area contributed by atoms with Crippen molar-refractivity contribution in [1.82, 2.24) is 4.90 Å². The van der Waals surface area contributed by atoms with Crippen molar-refractivity contribution in [3.63, 3.8) is 0 Å². The maximum absolute atomic E-state index is 11.4. The predicted octanol–water partition coefficient (Wildman–Crippen LogP) is 0.505. The third kappa shape index (κ3) is 2.49. The van der Waals surface area contributed by atoms with Gasteiger partial charge >= 0.3 is 0 Å². The van der Waals surface area contributed by atoms with Crippen molar-refractivity contribution < 1.29 is 9.53 Å². The average Bonchev–Trinajstić information content (AvgIpc) is 2.30. The van der Waals surface area contributed by atoms with E-state index in [0.717, 1.165) is 45.4 Å². The van der Waals surface area contributed by atoms with Gasteiger partial charge in [0.05, 0.1) is 6.04 Å². The molecule has 0 aliphatic carbocycles. The first-order valence-corrected chi connectivity index (χ1v) is 5.92. The van der Waals surface area contributed by atoms with Crippen molar-refractivity contribution in [3.05, 3.63) is 0 Å². The summed E-state index contributed by atoms with van der Waals surface area (Å²) in [6.07, 6.45) is 5.36. The number of likely N-dealkylation sites (tertiary alicyclic amines) is 1. The van der Waals surface area contributed by atoms with Crippen molar-refractivity contribution in [2.45, 2.75) is 44.2 Å². The summed E-state index contributed by atoms with van der Waals surface area (Å²) in [4.78, 5) is 13.7. The molecule has 0 spiro atoms. The first-order chi connectivity index (χ1) is 7.29. The molecule has 0 bridgehead atoms. The highest BCUT2D eigenvalue weighted by molar-refractivity contribution is 5.80. The molecule has 0 aromatic carbocycles. The van der Waals surface area contributed by atoms with Crippen LogP contribution in [0.2, 0.25) is 0 Å². The standard InChI is InChI=1S/C11H20N2O2/c12-11(14)10-3-1-2-6-13(10)9-4-7-15-8-5-9/h9-10H,1-8H2,(H2,12,14). The number of nitrogens with two attached hydrogens (primary N) is 1. The van der Waals surface area contributed by atoms with E-state index in [1.165, 1.54) is 6.42 Å². The molecular weight excluding hydrogens is 192 g/mol. The molecule has 4 heteroatoms. The maximum atomic E-state index is 11.4. The molecule has 86 valence electrons. The van der Waals surface area contributed by atoms with Crippen LogP contribution in [0.25, 0.3) is 0 Å². The fourth-order valence-corrected chi connectivity index (χ4v) is 2.71. The topological polar surface area (TPSA) is 55.6 Å². The Hall–Kier alpha value is -0.610. The van der Waals surface area contributed by atoms with E-state index in [0.29, 0.717) is 6.04 Å². The maximum Gasteiger partial charge on any atom is 0.234 e. The highest BCUT2D eigenvalue weighted by Gasteiger charge is 2.32. The van der Waals surface area contributed by atoms with E-state index >= 15 is 0 Å². The fraction of sp³-hybridized carbons (Fsp3) is 0.909. The average molecular weight is 212 g/mol. The molecule has 2 saturated heterocycles. The van der Waals surface area contributed by atoms with E-state index in [-0.39, 0.29) is 11.9 Å². The predicted molar refractivity (Wildman–Crippen MR) is 57.4 cm³/mol. The highest BCUT2D eigenvalue weighted by atomic mass is 16.5. The van der Waals surface area contributed by atoms with E-state index in [1.807, 2.05) is 0 Å². The molecule has 1 amide bonds. The van der Waals surface area contributed by atoms with Crippen LogP contribution in [-0.4, -0.2) is 42.6 Å². The number of carbonyl (C=O) groups excluding carboxylic acids is 1. The largest absolute Gasteiger partial charge is 0.381 e. The lowest BCUT2D eigenvalue weighted by atomic mass is 9.96. The van der Waals surface area contributed by atoms with E-state index in [2.05, 4.69) is 4.90 Å². The molecule has 0 radical (unpaired) electrons. The summed E-state index contributed by atoms with van der Waals surface area (Å²) in [5.41, 5.74) is 5.45. The van der Waals surface area contributed by atoms with Gasteiger partial charge in [-0.1, -0.05) is 6.42 Å². The third-order valence-corrected chi connectivity index (χ3v) is 3.53. The van der Waals surface area contributed by atoms with Gasteiger partial charge in [0.2, 0.25) is 5.91 Å². The molecule has 1 unspecified atom stereocenters. The molecule has 2 fully saturated rings. The second kappa shape index (κ2) is 4.94. The first-order valence-electron chi connectivity index (χ1n) is 5.92. The van der Waals surface area contributed by atoms with Crippen LogP contribution in [0, 0.1) is 0 Å². The Bertz CT molecular complexity index is 227. The number of amides is 1. The molecule has 2 N–H and O–H groups in total. The number of rotatable bonds is 2. The number of nitrogens with zero attached hydrogens (tertiary/aromatic N) is 1. The Balaban J connectivity index is 1.99. The van der Waals surface area contributed by atoms with Crippen LogP contribution < -0.4 is 5.73 Å². The number of hydrogen-bond acceptors (Lipinski definition) is 3. The fourth-order valence-electron chi connectivity index (χ4n) is 2.71.